The summed E-state index contributed by atoms with van der Waals surface area (Å²) in [6, 6.07) is 0. The number of rotatable bonds is 20. The Bertz CT molecular complexity index is 228. The molecule has 0 N–H and O–H groups in total. The molecule has 0 bridgehead atoms. The van der Waals surface area contributed by atoms with E-state index in [4.69, 9.17) is 0 Å². The van der Waals surface area contributed by atoms with Crippen molar-refractivity contribution >= 4 is 0 Å². The van der Waals surface area contributed by atoms with E-state index in [0.717, 1.165) is 5.92 Å². The lowest BCUT2D eigenvalue weighted by atomic mass is 10.0. The fourth-order valence-electron chi connectivity index (χ4n) is 3.92. The fourth-order valence-corrected chi connectivity index (χ4v) is 3.92. The zero-order valence-corrected chi connectivity index (χ0v) is 17.1. The molecule has 0 aromatic carbocycles. The Morgan fingerprint density at radius 2 is 0.708 bits per heavy atom. The Morgan fingerprint density at radius 1 is 0.417 bits per heavy atom. The van der Waals surface area contributed by atoms with Gasteiger partial charge in [-0.1, -0.05) is 148 Å². The van der Waals surface area contributed by atoms with E-state index in [-0.39, 0.29) is 0 Å². The maximum atomic E-state index is 2.30. The van der Waals surface area contributed by atoms with Gasteiger partial charge in [0.2, 0.25) is 0 Å². The van der Waals surface area contributed by atoms with Crippen LogP contribution in [0.1, 0.15) is 148 Å². The van der Waals surface area contributed by atoms with Crippen LogP contribution < -0.4 is 0 Å². The SMILES string of the molecule is CCCCCCCCCCCCCCCCCCCCCC1CC1. The van der Waals surface area contributed by atoms with Crippen LogP contribution in [0.3, 0.4) is 0 Å². The molecule has 1 aliphatic carbocycles. The zero-order valence-electron chi connectivity index (χ0n) is 17.1. The van der Waals surface area contributed by atoms with E-state index in [1.54, 1.807) is 19.3 Å². The summed E-state index contributed by atoms with van der Waals surface area (Å²) in [4.78, 5) is 0. The average molecular weight is 337 g/mol. The fraction of sp³-hybridized carbons (Fsp3) is 1.00. The van der Waals surface area contributed by atoms with Crippen molar-refractivity contribution in [1.29, 1.82) is 0 Å². The molecule has 0 unspecified atom stereocenters. The van der Waals surface area contributed by atoms with Crippen molar-refractivity contribution in [3.05, 3.63) is 0 Å². The molecule has 0 spiro atoms. The van der Waals surface area contributed by atoms with Gasteiger partial charge in [0.05, 0.1) is 0 Å². The lowest BCUT2D eigenvalue weighted by Gasteiger charge is -2.04. The smallest absolute Gasteiger partial charge is 0.0414 e. The normalized spacial score (nSPS) is 14.4. The molecule has 1 saturated carbocycles. The van der Waals surface area contributed by atoms with Crippen molar-refractivity contribution in [2.75, 3.05) is 0 Å². The monoisotopic (exact) mass is 336 g/mol. The average Bonchev–Trinajstić information content (AvgIpc) is 3.41. The summed E-state index contributed by atoms with van der Waals surface area (Å²) < 4.78 is 0. The molecule has 0 atom stereocenters. The maximum absolute atomic E-state index is 2.30. The van der Waals surface area contributed by atoms with Crippen LogP contribution in [0.2, 0.25) is 0 Å². The summed E-state index contributed by atoms with van der Waals surface area (Å²) in [6.07, 6.45) is 32.9. The van der Waals surface area contributed by atoms with Crippen LogP contribution in [-0.4, -0.2) is 0 Å². The van der Waals surface area contributed by atoms with Gasteiger partial charge in [-0.15, -0.1) is 0 Å². The van der Waals surface area contributed by atoms with Crippen LogP contribution >= 0.6 is 0 Å². The predicted molar refractivity (Wildman–Crippen MR) is 111 cm³/mol. The third-order valence-electron chi connectivity index (χ3n) is 5.91. The summed E-state index contributed by atoms with van der Waals surface area (Å²) in [5, 5.41) is 0. The highest BCUT2D eigenvalue weighted by molar-refractivity contribution is 4.72. The standard InChI is InChI=1S/C24H48/c1-2-3-4-5-6-7-8-9-10-11-12-13-14-15-16-17-18-19-20-21-24-22-23-24/h24H,2-23H2,1H3. The van der Waals surface area contributed by atoms with Gasteiger partial charge in [0.25, 0.3) is 0 Å². The van der Waals surface area contributed by atoms with Gasteiger partial charge in [-0.3, -0.25) is 0 Å². The van der Waals surface area contributed by atoms with Gasteiger partial charge in [-0.05, 0) is 5.92 Å². The van der Waals surface area contributed by atoms with Crippen LogP contribution in [-0.2, 0) is 0 Å². The molecule has 0 saturated heterocycles. The highest BCUT2D eigenvalue weighted by Crippen LogP contribution is 2.34. The molecule has 0 radical (unpaired) electrons. The first-order valence-electron chi connectivity index (χ1n) is 11.9. The minimum absolute atomic E-state index is 1.15. The van der Waals surface area contributed by atoms with Gasteiger partial charge in [0, 0.05) is 0 Å². The summed E-state index contributed by atoms with van der Waals surface area (Å²) >= 11 is 0. The Kier molecular flexibility index (Phi) is 16.4. The van der Waals surface area contributed by atoms with Crippen molar-refractivity contribution in [3.8, 4) is 0 Å². The van der Waals surface area contributed by atoms with E-state index in [1.165, 1.54) is 122 Å². The molecule has 1 fully saturated rings. The highest BCUT2D eigenvalue weighted by Gasteiger charge is 2.19. The zero-order chi connectivity index (χ0) is 17.1. The first-order chi connectivity index (χ1) is 11.9. The second-order valence-electron chi connectivity index (χ2n) is 8.60. The van der Waals surface area contributed by atoms with Gasteiger partial charge >= 0.3 is 0 Å². The van der Waals surface area contributed by atoms with E-state index >= 15 is 0 Å². The van der Waals surface area contributed by atoms with Gasteiger partial charge in [0.15, 0.2) is 0 Å². The van der Waals surface area contributed by atoms with E-state index in [1.807, 2.05) is 0 Å². The largest absolute Gasteiger partial charge is 0.0654 e. The van der Waals surface area contributed by atoms with E-state index in [9.17, 15) is 0 Å². The molecule has 0 aromatic heterocycles. The predicted octanol–water partition coefficient (Wildman–Crippen LogP) is 9.22. The molecular formula is C24H48. The molecule has 24 heavy (non-hydrogen) atoms. The minimum atomic E-state index is 1.15. The minimum Gasteiger partial charge on any atom is -0.0654 e. The van der Waals surface area contributed by atoms with Gasteiger partial charge in [0.1, 0.15) is 0 Å². The molecule has 144 valence electrons. The molecule has 1 aliphatic rings. The van der Waals surface area contributed by atoms with E-state index < -0.39 is 0 Å². The third-order valence-corrected chi connectivity index (χ3v) is 5.91. The highest BCUT2D eigenvalue weighted by atomic mass is 14.3. The van der Waals surface area contributed by atoms with Crippen molar-refractivity contribution in [1.82, 2.24) is 0 Å². The Labute approximate surface area is 154 Å². The van der Waals surface area contributed by atoms with Gasteiger partial charge in [-0.25, -0.2) is 0 Å². The van der Waals surface area contributed by atoms with Crippen LogP contribution in [0.25, 0.3) is 0 Å². The lowest BCUT2D eigenvalue weighted by molar-refractivity contribution is 0.519. The second-order valence-corrected chi connectivity index (χ2v) is 8.60. The molecule has 0 heteroatoms. The Balaban J connectivity index is 1.59. The topological polar surface area (TPSA) is 0 Å². The van der Waals surface area contributed by atoms with Crippen LogP contribution in [0.4, 0.5) is 0 Å². The van der Waals surface area contributed by atoms with Crippen LogP contribution in [0, 0.1) is 5.92 Å². The summed E-state index contributed by atoms with van der Waals surface area (Å²) in [6.45, 7) is 2.30. The van der Waals surface area contributed by atoms with E-state index in [0.29, 0.717) is 0 Å². The first-order valence-corrected chi connectivity index (χ1v) is 11.9. The Morgan fingerprint density at radius 3 is 1.00 bits per heavy atom. The molecule has 0 aliphatic heterocycles. The number of unbranched alkanes of at least 4 members (excludes halogenated alkanes) is 18. The summed E-state index contributed by atoms with van der Waals surface area (Å²) in [5.41, 5.74) is 0. The van der Waals surface area contributed by atoms with Crippen molar-refractivity contribution in [3.63, 3.8) is 0 Å². The molecule has 0 heterocycles. The molecule has 0 aromatic rings. The van der Waals surface area contributed by atoms with Gasteiger partial charge < -0.3 is 0 Å². The quantitative estimate of drug-likeness (QED) is 0.194. The molecule has 0 nitrogen and oxygen atoms in total. The van der Waals surface area contributed by atoms with Crippen molar-refractivity contribution < 1.29 is 0 Å². The Hall–Kier alpha value is 0. The summed E-state index contributed by atoms with van der Waals surface area (Å²) in [5.74, 6) is 1.15. The van der Waals surface area contributed by atoms with Crippen molar-refractivity contribution in [2.24, 2.45) is 5.92 Å². The van der Waals surface area contributed by atoms with Crippen LogP contribution in [0.15, 0.2) is 0 Å². The summed E-state index contributed by atoms with van der Waals surface area (Å²) in [7, 11) is 0. The second kappa shape index (κ2) is 17.8. The van der Waals surface area contributed by atoms with Crippen molar-refractivity contribution in [2.45, 2.75) is 148 Å². The van der Waals surface area contributed by atoms with E-state index in [2.05, 4.69) is 6.92 Å². The molecule has 1 rings (SSSR count). The van der Waals surface area contributed by atoms with Gasteiger partial charge in [-0.2, -0.15) is 0 Å². The lowest BCUT2D eigenvalue weighted by Crippen LogP contribution is -1.84. The first kappa shape index (κ1) is 22.0. The maximum Gasteiger partial charge on any atom is -0.0414 e. The number of hydrogen-bond donors (Lipinski definition) is 0. The molecule has 0 amide bonds. The number of hydrogen-bond acceptors (Lipinski definition) is 0. The molecular weight excluding hydrogens is 288 g/mol. The van der Waals surface area contributed by atoms with Crippen LogP contribution in [0.5, 0.6) is 0 Å². The third kappa shape index (κ3) is 16.8.